The molecular weight excluding hydrogens is 208 g/mol. The van der Waals surface area contributed by atoms with Crippen LogP contribution in [0.4, 0.5) is 4.79 Å². The van der Waals surface area contributed by atoms with Crippen LogP contribution in [0.1, 0.15) is 33.6 Å². The molecule has 2 fully saturated rings. The third kappa shape index (κ3) is 1.50. The lowest BCUT2D eigenvalue weighted by Gasteiger charge is -2.35. The van der Waals surface area contributed by atoms with E-state index in [9.17, 15) is 14.4 Å². The lowest BCUT2D eigenvalue weighted by molar-refractivity contribution is -0.146. The van der Waals surface area contributed by atoms with E-state index in [1.54, 1.807) is 0 Å². The van der Waals surface area contributed by atoms with Crippen molar-refractivity contribution in [2.24, 2.45) is 11.8 Å². The Kier molecular flexibility index (Phi) is 2.29. The van der Waals surface area contributed by atoms with Gasteiger partial charge in [-0.15, -0.1) is 0 Å². The van der Waals surface area contributed by atoms with Crippen LogP contribution in [-0.4, -0.2) is 28.3 Å². The molecule has 5 heteroatoms. The molecule has 0 spiro atoms. The summed E-state index contributed by atoms with van der Waals surface area (Å²) in [7, 11) is 0. The van der Waals surface area contributed by atoms with Crippen molar-refractivity contribution in [1.29, 1.82) is 0 Å². The fourth-order valence-electron chi connectivity index (χ4n) is 2.09. The minimum atomic E-state index is -0.727. The number of carbonyl (C=O) groups excluding carboxylic acids is 3. The van der Waals surface area contributed by atoms with Crippen LogP contribution >= 0.6 is 0 Å². The zero-order valence-corrected chi connectivity index (χ0v) is 9.74. The van der Waals surface area contributed by atoms with Gasteiger partial charge in [0.05, 0.1) is 0 Å². The Hall–Kier alpha value is -1.39. The predicted octanol–water partition coefficient (Wildman–Crippen LogP) is 0.889. The summed E-state index contributed by atoms with van der Waals surface area (Å²) < 4.78 is 0. The van der Waals surface area contributed by atoms with Gasteiger partial charge in [0.1, 0.15) is 5.92 Å². The Bertz CT molecular complexity index is 371. The summed E-state index contributed by atoms with van der Waals surface area (Å²) in [6.07, 6.45) is 1.65. The fraction of sp³-hybridized carbons (Fsp3) is 0.727. The van der Waals surface area contributed by atoms with Crippen LogP contribution in [0.25, 0.3) is 0 Å². The number of nitrogens with zero attached hydrogens (tertiary/aromatic N) is 1. The molecular formula is C11H16N2O3. The standard InChI is InChI=1S/C11H16N2O3/c1-6(2)7-8(14)12-10(16)13(9(7)15)11(3)4-5-11/h6-7H,4-5H2,1-3H3,(H,12,14,16). The molecule has 0 aromatic heterocycles. The van der Waals surface area contributed by atoms with Gasteiger partial charge in [0.2, 0.25) is 11.8 Å². The molecule has 1 heterocycles. The lowest BCUT2D eigenvalue weighted by atomic mass is 9.91. The Morgan fingerprint density at radius 1 is 1.31 bits per heavy atom. The van der Waals surface area contributed by atoms with Gasteiger partial charge in [-0.3, -0.25) is 19.8 Å². The molecule has 1 N–H and O–H groups in total. The Labute approximate surface area is 94.2 Å². The molecule has 2 aliphatic rings. The van der Waals surface area contributed by atoms with Crippen LogP contribution < -0.4 is 5.32 Å². The number of barbiturate groups is 1. The second-order valence-electron chi connectivity index (χ2n) is 5.19. The van der Waals surface area contributed by atoms with Crippen LogP contribution in [0.3, 0.4) is 0 Å². The van der Waals surface area contributed by atoms with Crippen molar-refractivity contribution in [3.8, 4) is 0 Å². The molecule has 1 atom stereocenters. The first-order chi connectivity index (χ1) is 7.37. The third-order valence-corrected chi connectivity index (χ3v) is 3.38. The quantitative estimate of drug-likeness (QED) is 0.708. The molecule has 1 saturated heterocycles. The summed E-state index contributed by atoms with van der Waals surface area (Å²) in [4.78, 5) is 36.6. The molecule has 88 valence electrons. The maximum Gasteiger partial charge on any atom is 0.331 e. The summed E-state index contributed by atoms with van der Waals surface area (Å²) in [5, 5.41) is 2.26. The van der Waals surface area contributed by atoms with E-state index in [0.717, 1.165) is 12.8 Å². The number of imide groups is 2. The largest absolute Gasteiger partial charge is 0.331 e. The normalized spacial score (nSPS) is 28.4. The highest BCUT2D eigenvalue weighted by Gasteiger charge is 2.54. The van der Waals surface area contributed by atoms with Gasteiger partial charge in [-0.1, -0.05) is 13.8 Å². The van der Waals surface area contributed by atoms with E-state index in [1.807, 2.05) is 20.8 Å². The highest BCUT2D eigenvalue weighted by molar-refractivity contribution is 6.16. The monoisotopic (exact) mass is 224 g/mol. The second-order valence-corrected chi connectivity index (χ2v) is 5.19. The summed E-state index contributed by atoms with van der Waals surface area (Å²) in [5.41, 5.74) is -0.366. The maximum absolute atomic E-state index is 12.1. The molecule has 0 aromatic carbocycles. The van der Waals surface area contributed by atoms with Gasteiger partial charge in [-0.05, 0) is 25.7 Å². The minimum absolute atomic E-state index is 0.0922. The number of carbonyl (C=O) groups is 3. The average Bonchev–Trinajstić information content (AvgIpc) is 2.81. The van der Waals surface area contributed by atoms with Gasteiger partial charge < -0.3 is 0 Å². The zero-order valence-electron chi connectivity index (χ0n) is 9.74. The van der Waals surface area contributed by atoms with E-state index in [0.29, 0.717) is 0 Å². The summed E-state index contributed by atoms with van der Waals surface area (Å²) in [6.45, 7) is 5.49. The van der Waals surface area contributed by atoms with E-state index in [2.05, 4.69) is 5.32 Å². The Balaban J connectivity index is 2.30. The van der Waals surface area contributed by atoms with Crippen molar-refractivity contribution in [3.63, 3.8) is 0 Å². The topological polar surface area (TPSA) is 66.5 Å². The number of urea groups is 1. The highest BCUT2D eigenvalue weighted by Crippen LogP contribution is 2.43. The Morgan fingerprint density at radius 3 is 2.31 bits per heavy atom. The highest BCUT2D eigenvalue weighted by atomic mass is 16.2. The molecule has 1 aliphatic heterocycles. The van der Waals surface area contributed by atoms with Crippen LogP contribution in [0.5, 0.6) is 0 Å². The van der Waals surface area contributed by atoms with Gasteiger partial charge in [0.15, 0.2) is 0 Å². The molecule has 1 unspecified atom stereocenters. The molecule has 5 nitrogen and oxygen atoms in total. The average molecular weight is 224 g/mol. The predicted molar refractivity (Wildman–Crippen MR) is 56.4 cm³/mol. The summed E-state index contributed by atoms with van der Waals surface area (Å²) in [6, 6.07) is -0.563. The summed E-state index contributed by atoms with van der Waals surface area (Å²) >= 11 is 0. The van der Waals surface area contributed by atoms with Crippen LogP contribution in [-0.2, 0) is 9.59 Å². The molecule has 16 heavy (non-hydrogen) atoms. The van der Waals surface area contributed by atoms with E-state index >= 15 is 0 Å². The SMILES string of the molecule is CC(C)C1C(=O)NC(=O)N(C2(C)CC2)C1=O. The first-order valence-electron chi connectivity index (χ1n) is 5.56. The van der Waals surface area contributed by atoms with Crippen LogP contribution in [0.2, 0.25) is 0 Å². The van der Waals surface area contributed by atoms with Crippen molar-refractivity contribution in [2.75, 3.05) is 0 Å². The van der Waals surface area contributed by atoms with Crippen molar-refractivity contribution in [1.82, 2.24) is 10.2 Å². The third-order valence-electron chi connectivity index (χ3n) is 3.38. The molecule has 0 bridgehead atoms. The van der Waals surface area contributed by atoms with Crippen molar-refractivity contribution in [3.05, 3.63) is 0 Å². The molecule has 1 aliphatic carbocycles. The van der Waals surface area contributed by atoms with Crippen LogP contribution in [0, 0.1) is 11.8 Å². The smallest absolute Gasteiger partial charge is 0.277 e. The van der Waals surface area contributed by atoms with Gasteiger partial charge >= 0.3 is 6.03 Å². The minimum Gasteiger partial charge on any atom is -0.277 e. The van der Waals surface area contributed by atoms with Crippen molar-refractivity contribution < 1.29 is 14.4 Å². The van der Waals surface area contributed by atoms with Crippen molar-refractivity contribution >= 4 is 17.8 Å². The number of nitrogens with one attached hydrogen (secondary N) is 1. The first-order valence-corrected chi connectivity index (χ1v) is 5.56. The van der Waals surface area contributed by atoms with Gasteiger partial charge in [0, 0.05) is 5.54 Å². The first kappa shape index (κ1) is 11.1. The van der Waals surface area contributed by atoms with E-state index in [4.69, 9.17) is 0 Å². The molecule has 4 amide bonds. The fourth-order valence-corrected chi connectivity index (χ4v) is 2.09. The van der Waals surface area contributed by atoms with Gasteiger partial charge in [-0.25, -0.2) is 4.79 Å². The van der Waals surface area contributed by atoms with Crippen LogP contribution in [0.15, 0.2) is 0 Å². The zero-order chi connectivity index (χ0) is 12.1. The van der Waals surface area contributed by atoms with E-state index in [1.165, 1.54) is 4.90 Å². The van der Waals surface area contributed by atoms with Gasteiger partial charge in [-0.2, -0.15) is 0 Å². The summed E-state index contributed by atoms with van der Waals surface area (Å²) in [5.74, 6) is -1.63. The maximum atomic E-state index is 12.1. The molecule has 0 aromatic rings. The Morgan fingerprint density at radius 2 is 1.88 bits per heavy atom. The van der Waals surface area contributed by atoms with Gasteiger partial charge in [0.25, 0.3) is 0 Å². The second kappa shape index (κ2) is 3.30. The molecule has 0 radical (unpaired) electrons. The molecule has 2 rings (SSSR count). The van der Waals surface area contributed by atoms with E-state index in [-0.39, 0.29) is 17.4 Å². The number of hydrogen-bond acceptors (Lipinski definition) is 3. The van der Waals surface area contributed by atoms with Crippen molar-refractivity contribution in [2.45, 2.75) is 39.2 Å². The number of rotatable bonds is 2. The molecule has 1 saturated carbocycles. The number of hydrogen-bond donors (Lipinski definition) is 1. The lowest BCUT2D eigenvalue weighted by Crippen LogP contribution is -2.62. The van der Waals surface area contributed by atoms with E-state index < -0.39 is 17.9 Å². The number of amides is 4.